The summed E-state index contributed by atoms with van der Waals surface area (Å²) < 4.78 is 0. The molecule has 1 aliphatic carbocycles. The number of rotatable bonds is 4. The Morgan fingerprint density at radius 1 is 1.19 bits per heavy atom. The molecule has 5 heteroatoms. The highest BCUT2D eigenvalue weighted by molar-refractivity contribution is 7.90. The van der Waals surface area contributed by atoms with Gasteiger partial charge in [-0.15, -0.1) is 24.0 Å². The monoisotopic (exact) mass is 373 g/mol. The molecule has 1 atom stereocenters. The van der Waals surface area contributed by atoms with Crippen LogP contribution in [0.5, 0.6) is 0 Å². The summed E-state index contributed by atoms with van der Waals surface area (Å²) >= 11 is 6.04. The first-order valence-electron chi connectivity index (χ1n) is 8.09. The molecular weight excluding hydrogens is 358 g/mol. The molecule has 0 saturated carbocycles. The van der Waals surface area contributed by atoms with Crippen LogP contribution in [0, 0.1) is 39.9 Å². The lowest BCUT2D eigenvalue weighted by atomic mass is 9.92. The van der Waals surface area contributed by atoms with Crippen molar-refractivity contribution in [1.82, 2.24) is 0 Å². The zero-order chi connectivity index (χ0) is 18.8. The number of thiol groups is 1. The van der Waals surface area contributed by atoms with E-state index in [0.717, 1.165) is 45.5 Å². The van der Waals surface area contributed by atoms with Crippen molar-refractivity contribution in [3.63, 3.8) is 0 Å². The van der Waals surface area contributed by atoms with Crippen molar-refractivity contribution in [3.8, 4) is 28.6 Å². The number of thiophene rings is 1. The number of fused-ring (bicyclic) bond motifs is 3. The summed E-state index contributed by atoms with van der Waals surface area (Å²) in [4.78, 5) is 1.71. The van der Waals surface area contributed by atoms with Crippen LogP contribution in [0.15, 0.2) is 35.7 Å². The molecule has 26 heavy (non-hydrogen) atoms. The van der Waals surface area contributed by atoms with Crippen LogP contribution in [-0.4, -0.2) is 0 Å². The van der Waals surface area contributed by atoms with Gasteiger partial charge in [0.2, 0.25) is 0 Å². The Morgan fingerprint density at radius 2 is 1.92 bits per heavy atom. The minimum atomic E-state index is -0.0270. The summed E-state index contributed by atoms with van der Waals surface area (Å²) in [6.07, 6.45) is 1.50. The van der Waals surface area contributed by atoms with E-state index in [1.807, 2.05) is 36.6 Å². The normalized spacial score (nSPS) is 12.3. The quantitative estimate of drug-likeness (QED) is 0.480. The molecule has 0 fully saturated rings. The number of allylic oxidation sites excluding steroid dienone is 1. The van der Waals surface area contributed by atoms with Crippen LogP contribution >= 0.6 is 24.0 Å². The smallest absolute Gasteiger partial charge is 0.138 e. The second-order valence-corrected chi connectivity index (χ2v) is 7.66. The van der Waals surface area contributed by atoms with Gasteiger partial charge in [0.05, 0.1) is 6.07 Å². The van der Waals surface area contributed by atoms with Crippen molar-refractivity contribution in [2.24, 2.45) is 5.92 Å². The van der Waals surface area contributed by atoms with Crippen molar-refractivity contribution in [2.45, 2.75) is 19.8 Å². The lowest BCUT2D eigenvalue weighted by Gasteiger charge is -2.14. The first-order chi connectivity index (χ1) is 12.5. The van der Waals surface area contributed by atoms with Crippen molar-refractivity contribution >= 4 is 34.4 Å². The maximum absolute atomic E-state index is 9.39. The number of hydrogen-bond acceptors (Lipinski definition) is 5. The van der Waals surface area contributed by atoms with Gasteiger partial charge in [-0.1, -0.05) is 6.58 Å². The molecule has 0 spiro atoms. The minimum absolute atomic E-state index is 0.0270. The molecule has 3 nitrogen and oxygen atoms in total. The Morgan fingerprint density at radius 3 is 2.54 bits per heavy atom. The molecule has 3 rings (SSSR count). The molecule has 2 aromatic rings. The van der Waals surface area contributed by atoms with E-state index in [1.54, 1.807) is 11.3 Å². The maximum Gasteiger partial charge on any atom is 0.138 e. The Hall–Kier alpha value is -2.78. The van der Waals surface area contributed by atoms with E-state index in [1.165, 1.54) is 0 Å². The van der Waals surface area contributed by atoms with E-state index in [4.69, 9.17) is 5.26 Å². The maximum atomic E-state index is 9.39. The van der Waals surface area contributed by atoms with Gasteiger partial charge in [0.25, 0.3) is 0 Å². The molecule has 1 aliphatic rings. The van der Waals surface area contributed by atoms with E-state index in [-0.39, 0.29) is 11.5 Å². The van der Waals surface area contributed by atoms with Crippen LogP contribution < -0.4 is 0 Å². The molecule has 0 amide bonds. The molecule has 0 unspecified atom stereocenters. The van der Waals surface area contributed by atoms with Crippen LogP contribution in [0.4, 0.5) is 0 Å². The Bertz CT molecular complexity index is 1050. The van der Waals surface area contributed by atoms with Gasteiger partial charge >= 0.3 is 0 Å². The number of benzene rings is 1. The SMILES string of the molecule is C=C(S)c1cc2c(cc1CC[C@H](C)C#N)-c1sccc1C2=C(C#N)C#N. The molecule has 0 aliphatic heterocycles. The van der Waals surface area contributed by atoms with E-state index in [2.05, 4.69) is 31.3 Å². The van der Waals surface area contributed by atoms with Crippen molar-refractivity contribution in [1.29, 1.82) is 15.8 Å². The molecule has 0 radical (unpaired) electrons. The first kappa shape index (κ1) is 18.0. The van der Waals surface area contributed by atoms with Gasteiger partial charge in [-0.2, -0.15) is 15.8 Å². The molecule has 1 heterocycles. The van der Waals surface area contributed by atoms with Crippen LogP contribution in [0.2, 0.25) is 0 Å². The summed E-state index contributed by atoms with van der Waals surface area (Å²) in [5, 5.41) is 29.8. The van der Waals surface area contributed by atoms with E-state index in [0.29, 0.717) is 10.5 Å². The highest BCUT2D eigenvalue weighted by atomic mass is 32.1. The van der Waals surface area contributed by atoms with Gasteiger partial charge in [-0.05, 0) is 60.0 Å². The molecule has 1 aromatic heterocycles. The predicted molar refractivity (Wildman–Crippen MR) is 108 cm³/mol. The van der Waals surface area contributed by atoms with Crippen LogP contribution in [0.1, 0.15) is 35.6 Å². The molecule has 126 valence electrons. The summed E-state index contributed by atoms with van der Waals surface area (Å²) in [7, 11) is 0. The molecule has 1 aromatic carbocycles. The largest absolute Gasteiger partial charge is 0.198 e. The van der Waals surface area contributed by atoms with E-state index < -0.39 is 0 Å². The van der Waals surface area contributed by atoms with Gasteiger partial charge in [0.15, 0.2) is 0 Å². The lowest BCUT2D eigenvalue weighted by Crippen LogP contribution is -1.99. The second kappa shape index (κ2) is 7.22. The number of nitriles is 3. The topological polar surface area (TPSA) is 71.4 Å². The fourth-order valence-electron chi connectivity index (χ4n) is 3.22. The zero-order valence-corrected chi connectivity index (χ0v) is 15.9. The standard InChI is InChI=1S/C21H15N3S2/c1-12(9-22)3-4-14-7-19-18(8-17(14)13(2)25)20(15(10-23)11-24)16-5-6-26-21(16)19/h5-8,12,25H,2-4H2,1H3/t12-/m0/s1. The van der Waals surface area contributed by atoms with Crippen molar-refractivity contribution in [3.05, 3.63) is 58.0 Å². The van der Waals surface area contributed by atoms with E-state index in [9.17, 15) is 10.5 Å². The molecule has 0 saturated heterocycles. The van der Waals surface area contributed by atoms with Gasteiger partial charge in [0, 0.05) is 32.4 Å². The van der Waals surface area contributed by atoms with Crippen LogP contribution in [0.25, 0.3) is 20.9 Å². The van der Waals surface area contributed by atoms with Crippen LogP contribution in [-0.2, 0) is 6.42 Å². The summed E-state index contributed by atoms with van der Waals surface area (Å²) in [6, 6.07) is 12.3. The Kier molecular flexibility index (Phi) is 5.01. The average molecular weight is 374 g/mol. The zero-order valence-electron chi connectivity index (χ0n) is 14.2. The summed E-state index contributed by atoms with van der Waals surface area (Å²) in [5.41, 5.74) is 5.64. The van der Waals surface area contributed by atoms with E-state index >= 15 is 0 Å². The minimum Gasteiger partial charge on any atom is -0.198 e. The van der Waals surface area contributed by atoms with Gasteiger partial charge < -0.3 is 0 Å². The Balaban J connectivity index is 2.23. The molecular formula is C21H15N3S2. The number of aryl methyl sites for hydroxylation is 1. The highest BCUT2D eigenvalue weighted by Gasteiger charge is 2.29. The third-order valence-electron chi connectivity index (χ3n) is 4.54. The molecule has 0 bridgehead atoms. The number of hydrogen-bond donors (Lipinski definition) is 1. The second-order valence-electron chi connectivity index (χ2n) is 6.21. The summed E-state index contributed by atoms with van der Waals surface area (Å²) in [5.74, 6) is -0.0270. The fourth-order valence-corrected chi connectivity index (χ4v) is 4.36. The van der Waals surface area contributed by atoms with Crippen molar-refractivity contribution < 1.29 is 0 Å². The predicted octanol–water partition coefficient (Wildman–Crippen LogP) is 5.57. The number of nitrogens with zero attached hydrogens (tertiary/aromatic N) is 3. The Labute approximate surface area is 162 Å². The summed E-state index contributed by atoms with van der Waals surface area (Å²) in [6.45, 7) is 5.87. The van der Waals surface area contributed by atoms with Gasteiger partial charge in [0.1, 0.15) is 17.7 Å². The fraction of sp³-hybridized carbons (Fsp3) is 0.190. The molecule has 0 N–H and O–H groups in total. The first-order valence-corrected chi connectivity index (χ1v) is 9.42. The average Bonchev–Trinajstić information content (AvgIpc) is 3.22. The van der Waals surface area contributed by atoms with Crippen molar-refractivity contribution in [2.75, 3.05) is 0 Å². The third kappa shape index (κ3) is 2.95. The third-order valence-corrected chi connectivity index (χ3v) is 5.73. The van der Waals surface area contributed by atoms with Crippen LogP contribution in [0.3, 0.4) is 0 Å². The lowest BCUT2D eigenvalue weighted by molar-refractivity contribution is 0.660. The van der Waals surface area contributed by atoms with Gasteiger partial charge in [-0.25, -0.2) is 0 Å². The van der Waals surface area contributed by atoms with Gasteiger partial charge in [-0.3, -0.25) is 0 Å². The highest BCUT2D eigenvalue weighted by Crippen LogP contribution is 2.50.